The maximum atomic E-state index is 12.5. The van der Waals surface area contributed by atoms with Crippen LogP contribution >= 0.6 is 0 Å². The zero-order valence-corrected chi connectivity index (χ0v) is 13.3. The molecule has 120 valence electrons. The van der Waals surface area contributed by atoms with E-state index in [1.165, 1.54) is 7.11 Å². The van der Waals surface area contributed by atoms with Crippen LogP contribution in [0.5, 0.6) is 5.75 Å². The van der Waals surface area contributed by atoms with Gasteiger partial charge in [0.15, 0.2) is 6.61 Å². The lowest BCUT2D eigenvalue weighted by Gasteiger charge is -2.14. The van der Waals surface area contributed by atoms with Gasteiger partial charge in [0.25, 0.3) is 5.91 Å². The van der Waals surface area contributed by atoms with Gasteiger partial charge in [-0.1, -0.05) is 18.2 Å². The second-order valence-corrected chi connectivity index (χ2v) is 4.91. The maximum Gasteiger partial charge on any atom is 0.343 e. The van der Waals surface area contributed by atoms with Crippen LogP contribution in [-0.4, -0.2) is 30.6 Å². The molecule has 0 saturated carbocycles. The minimum Gasteiger partial charge on any atom is -0.481 e. The molecule has 1 amide bonds. The summed E-state index contributed by atoms with van der Waals surface area (Å²) in [5, 5.41) is 2.79. The van der Waals surface area contributed by atoms with Crippen molar-refractivity contribution < 1.29 is 19.1 Å². The van der Waals surface area contributed by atoms with Gasteiger partial charge in [0.05, 0.1) is 12.8 Å². The fourth-order valence-electron chi connectivity index (χ4n) is 2.09. The Morgan fingerprint density at radius 1 is 1.17 bits per heavy atom. The smallest absolute Gasteiger partial charge is 0.343 e. The Kier molecular flexibility index (Phi) is 5.30. The molecular weight excluding hydrogens is 296 g/mol. The molecule has 0 saturated heterocycles. The number of aryl methyl sites for hydroxylation is 2. The standard InChI is InChI=1S/C17H18N2O4/c1-11-9-14(23-10-15(20)22-3)16(12(2)18-11)17(21)19-13-7-5-4-6-8-13/h4-9H,10H2,1-3H3,(H,19,21). The molecule has 0 atom stereocenters. The summed E-state index contributed by atoms with van der Waals surface area (Å²) in [6.45, 7) is 3.24. The molecule has 0 spiro atoms. The molecule has 0 unspecified atom stereocenters. The van der Waals surface area contributed by atoms with E-state index in [0.29, 0.717) is 28.4 Å². The van der Waals surface area contributed by atoms with E-state index >= 15 is 0 Å². The molecule has 0 radical (unpaired) electrons. The highest BCUT2D eigenvalue weighted by Crippen LogP contribution is 2.23. The lowest BCUT2D eigenvalue weighted by Crippen LogP contribution is -2.19. The Balaban J connectivity index is 2.28. The Morgan fingerprint density at radius 3 is 2.52 bits per heavy atom. The minimum absolute atomic E-state index is 0.273. The molecule has 6 nitrogen and oxygen atoms in total. The van der Waals surface area contributed by atoms with E-state index in [1.807, 2.05) is 18.2 Å². The van der Waals surface area contributed by atoms with Crippen LogP contribution in [0.25, 0.3) is 0 Å². The van der Waals surface area contributed by atoms with Gasteiger partial charge in [-0.05, 0) is 26.0 Å². The topological polar surface area (TPSA) is 77.5 Å². The number of benzene rings is 1. The molecule has 2 rings (SSSR count). The highest BCUT2D eigenvalue weighted by atomic mass is 16.6. The van der Waals surface area contributed by atoms with Gasteiger partial charge in [-0.3, -0.25) is 9.78 Å². The summed E-state index contributed by atoms with van der Waals surface area (Å²) in [6, 6.07) is 10.7. The van der Waals surface area contributed by atoms with Gasteiger partial charge in [-0.2, -0.15) is 0 Å². The fraction of sp³-hybridized carbons (Fsp3) is 0.235. The van der Waals surface area contributed by atoms with Gasteiger partial charge in [0.1, 0.15) is 11.3 Å². The Morgan fingerprint density at radius 2 is 1.87 bits per heavy atom. The molecule has 0 aliphatic heterocycles. The van der Waals surface area contributed by atoms with Crippen LogP contribution in [0.1, 0.15) is 21.7 Å². The van der Waals surface area contributed by atoms with Crippen molar-refractivity contribution in [3.63, 3.8) is 0 Å². The number of esters is 1. The van der Waals surface area contributed by atoms with E-state index in [9.17, 15) is 9.59 Å². The second-order valence-electron chi connectivity index (χ2n) is 4.91. The summed E-state index contributed by atoms with van der Waals surface area (Å²) >= 11 is 0. The molecule has 0 bridgehead atoms. The highest BCUT2D eigenvalue weighted by Gasteiger charge is 2.19. The number of carbonyl (C=O) groups is 2. The largest absolute Gasteiger partial charge is 0.481 e. The summed E-state index contributed by atoms with van der Waals surface area (Å²) in [6.07, 6.45) is 0. The first-order valence-electron chi connectivity index (χ1n) is 7.05. The number of hydrogen-bond acceptors (Lipinski definition) is 5. The van der Waals surface area contributed by atoms with E-state index in [1.54, 1.807) is 32.0 Å². The number of hydrogen-bond donors (Lipinski definition) is 1. The van der Waals surface area contributed by atoms with Crippen molar-refractivity contribution >= 4 is 17.6 Å². The monoisotopic (exact) mass is 314 g/mol. The quantitative estimate of drug-likeness (QED) is 0.858. The van der Waals surface area contributed by atoms with Crippen molar-refractivity contribution in [2.24, 2.45) is 0 Å². The third-order valence-corrected chi connectivity index (χ3v) is 3.12. The number of carbonyl (C=O) groups excluding carboxylic acids is 2. The van der Waals surface area contributed by atoms with Crippen LogP contribution < -0.4 is 10.1 Å². The summed E-state index contributed by atoms with van der Waals surface area (Å²) < 4.78 is 9.98. The SMILES string of the molecule is COC(=O)COc1cc(C)nc(C)c1C(=O)Nc1ccccc1. The molecule has 1 heterocycles. The van der Waals surface area contributed by atoms with E-state index < -0.39 is 5.97 Å². The number of ether oxygens (including phenoxy) is 2. The van der Waals surface area contributed by atoms with E-state index in [4.69, 9.17) is 4.74 Å². The molecule has 2 aromatic rings. The number of para-hydroxylation sites is 1. The average Bonchev–Trinajstić information content (AvgIpc) is 2.52. The zero-order chi connectivity index (χ0) is 16.8. The molecule has 1 aromatic carbocycles. The number of anilines is 1. The summed E-state index contributed by atoms with van der Waals surface area (Å²) in [7, 11) is 1.28. The van der Waals surface area contributed by atoms with Crippen molar-refractivity contribution in [1.29, 1.82) is 0 Å². The van der Waals surface area contributed by atoms with Gasteiger partial charge in [0, 0.05) is 17.4 Å². The molecular formula is C17H18N2O4. The lowest BCUT2D eigenvalue weighted by atomic mass is 10.1. The van der Waals surface area contributed by atoms with Gasteiger partial charge in [-0.25, -0.2) is 4.79 Å². The Labute approximate surface area is 134 Å². The molecule has 0 fully saturated rings. The number of nitrogens with zero attached hydrogens (tertiary/aromatic N) is 1. The first-order chi connectivity index (χ1) is 11.0. The fourth-order valence-corrected chi connectivity index (χ4v) is 2.09. The normalized spacial score (nSPS) is 10.0. The first kappa shape index (κ1) is 16.5. The maximum absolute atomic E-state index is 12.5. The number of rotatable bonds is 5. The summed E-state index contributed by atoms with van der Waals surface area (Å²) in [5.74, 6) is -0.568. The predicted molar refractivity (Wildman–Crippen MR) is 85.6 cm³/mol. The van der Waals surface area contributed by atoms with Gasteiger partial charge < -0.3 is 14.8 Å². The molecule has 1 aromatic heterocycles. The van der Waals surface area contributed by atoms with Crippen LogP contribution in [0.3, 0.4) is 0 Å². The zero-order valence-electron chi connectivity index (χ0n) is 13.3. The highest BCUT2D eigenvalue weighted by molar-refractivity contribution is 6.07. The number of pyridine rings is 1. The second kappa shape index (κ2) is 7.40. The number of nitrogens with one attached hydrogen (secondary N) is 1. The van der Waals surface area contributed by atoms with Crippen LogP contribution in [0.4, 0.5) is 5.69 Å². The molecule has 23 heavy (non-hydrogen) atoms. The Bertz CT molecular complexity index is 714. The van der Waals surface area contributed by atoms with Gasteiger partial charge in [0.2, 0.25) is 0 Å². The van der Waals surface area contributed by atoms with Crippen LogP contribution in [0.15, 0.2) is 36.4 Å². The minimum atomic E-state index is -0.522. The van der Waals surface area contributed by atoms with Crippen molar-refractivity contribution in [3.8, 4) is 5.75 Å². The van der Waals surface area contributed by atoms with Gasteiger partial charge in [-0.15, -0.1) is 0 Å². The van der Waals surface area contributed by atoms with Crippen molar-refractivity contribution in [2.75, 3.05) is 19.0 Å². The van der Waals surface area contributed by atoms with Crippen LogP contribution in [0, 0.1) is 13.8 Å². The first-order valence-corrected chi connectivity index (χ1v) is 7.05. The third kappa shape index (κ3) is 4.29. The number of methoxy groups -OCH3 is 1. The van der Waals surface area contributed by atoms with Crippen molar-refractivity contribution in [2.45, 2.75) is 13.8 Å². The van der Waals surface area contributed by atoms with Crippen LogP contribution in [-0.2, 0) is 9.53 Å². The van der Waals surface area contributed by atoms with Crippen LogP contribution in [0.2, 0.25) is 0 Å². The molecule has 0 aliphatic rings. The summed E-state index contributed by atoms with van der Waals surface area (Å²) in [4.78, 5) is 28.1. The summed E-state index contributed by atoms with van der Waals surface area (Å²) in [5.41, 5.74) is 2.18. The van der Waals surface area contributed by atoms with Gasteiger partial charge >= 0.3 is 5.97 Å². The Hall–Kier alpha value is -2.89. The predicted octanol–water partition coefficient (Wildman–Crippen LogP) is 2.50. The van der Waals surface area contributed by atoms with Crippen molar-refractivity contribution in [3.05, 3.63) is 53.3 Å². The average molecular weight is 314 g/mol. The number of aromatic nitrogens is 1. The lowest BCUT2D eigenvalue weighted by molar-refractivity contribution is -0.142. The molecule has 1 N–H and O–H groups in total. The van der Waals surface area contributed by atoms with E-state index in [2.05, 4.69) is 15.0 Å². The molecule has 0 aliphatic carbocycles. The van der Waals surface area contributed by atoms with E-state index in [-0.39, 0.29) is 12.5 Å². The third-order valence-electron chi connectivity index (χ3n) is 3.12. The van der Waals surface area contributed by atoms with Crippen molar-refractivity contribution in [1.82, 2.24) is 4.98 Å². The number of amides is 1. The van der Waals surface area contributed by atoms with E-state index in [0.717, 1.165) is 0 Å². The molecule has 6 heteroatoms.